The molecule has 2 aliphatic heterocycles. The highest BCUT2D eigenvalue weighted by molar-refractivity contribution is 5.82. The molecule has 0 bridgehead atoms. The number of piperidine rings is 1. The lowest BCUT2D eigenvalue weighted by Crippen LogP contribution is -2.52. The summed E-state index contributed by atoms with van der Waals surface area (Å²) < 4.78 is 0. The second-order valence-corrected chi connectivity index (χ2v) is 6.11. The van der Waals surface area contributed by atoms with E-state index in [9.17, 15) is 4.79 Å². The molecule has 1 fully saturated rings. The Balaban J connectivity index is 1.67. The van der Waals surface area contributed by atoms with Crippen LogP contribution in [0.15, 0.2) is 24.3 Å². The van der Waals surface area contributed by atoms with Crippen LogP contribution in [0.1, 0.15) is 37.3 Å². The number of hydrogen-bond donors (Lipinski definition) is 1. The van der Waals surface area contributed by atoms with Crippen molar-refractivity contribution < 1.29 is 4.79 Å². The van der Waals surface area contributed by atoms with Gasteiger partial charge in [-0.1, -0.05) is 37.6 Å². The number of amides is 1. The molecule has 2 heterocycles. The van der Waals surface area contributed by atoms with E-state index in [1.54, 1.807) is 0 Å². The molecule has 2 aliphatic rings. The van der Waals surface area contributed by atoms with Crippen molar-refractivity contribution in [2.24, 2.45) is 5.92 Å². The van der Waals surface area contributed by atoms with Crippen molar-refractivity contribution in [1.29, 1.82) is 0 Å². The lowest BCUT2D eigenvalue weighted by molar-refractivity contribution is -0.135. The smallest absolute Gasteiger partial charge is 0.240 e. The van der Waals surface area contributed by atoms with Crippen molar-refractivity contribution in [2.45, 2.75) is 45.2 Å². The first-order valence-corrected chi connectivity index (χ1v) is 7.87. The van der Waals surface area contributed by atoms with Crippen molar-refractivity contribution >= 4 is 5.91 Å². The van der Waals surface area contributed by atoms with Gasteiger partial charge >= 0.3 is 0 Å². The van der Waals surface area contributed by atoms with E-state index in [2.05, 4.69) is 41.4 Å². The molecule has 1 saturated heterocycles. The molecule has 0 radical (unpaired) electrons. The number of hydrogen-bond acceptors (Lipinski definition) is 2. The van der Waals surface area contributed by atoms with E-state index in [4.69, 9.17) is 0 Å². The maximum absolute atomic E-state index is 12.7. The molecule has 1 unspecified atom stereocenters. The molecule has 1 N–H and O–H groups in total. The third-order valence-electron chi connectivity index (χ3n) is 4.79. The highest BCUT2D eigenvalue weighted by atomic mass is 16.2. The molecule has 3 nitrogen and oxygen atoms in total. The Morgan fingerprint density at radius 1 is 1.35 bits per heavy atom. The van der Waals surface area contributed by atoms with E-state index >= 15 is 0 Å². The summed E-state index contributed by atoms with van der Waals surface area (Å²) in [6, 6.07) is 8.41. The van der Waals surface area contributed by atoms with Gasteiger partial charge in [-0.3, -0.25) is 4.79 Å². The first-order chi connectivity index (χ1) is 9.78. The molecule has 0 saturated carbocycles. The van der Waals surface area contributed by atoms with Crippen LogP contribution in [0, 0.1) is 5.92 Å². The number of nitrogens with zero attached hydrogens (tertiary/aromatic N) is 1. The third kappa shape index (κ3) is 2.73. The standard InChI is InChI=1S/C17H24N2O/c1-2-13-6-5-9-19(12-13)17(20)16-10-14-7-3-4-8-15(14)11-18-16/h3-4,7-8,13,16,18H,2,5-6,9-12H2,1H3/t13?,16-/m0/s1. The molecule has 0 spiro atoms. The molecule has 1 aromatic rings. The second-order valence-electron chi connectivity index (χ2n) is 6.11. The maximum Gasteiger partial charge on any atom is 0.240 e. The summed E-state index contributed by atoms with van der Waals surface area (Å²) in [6.07, 6.45) is 4.46. The fourth-order valence-electron chi connectivity index (χ4n) is 3.45. The zero-order chi connectivity index (χ0) is 13.9. The van der Waals surface area contributed by atoms with Gasteiger partial charge in [0.2, 0.25) is 5.91 Å². The van der Waals surface area contributed by atoms with E-state index in [-0.39, 0.29) is 6.04 Å². The van der Waals surface area contributed by atoms with Crippen molar-refractivity contribution in [1.82, 2.24) is 10.2 Å². The van der Waals surface area contributed by atoms with Crippen LogP contribution in [0.2, 0.25) is 0 Å². The molecule has 3 heteroatoms. The van der Waals surface area contributed by atoms with Gasteiger partial charge in [-0.15, -0.1) is 0 Å². The predicted molar refractivity (Wildman–Crippen MR) is 80.4 cm³/mol. The minimum Gasteiger partial charge on any atom is -0.341 e. The molecule has 20 heavy (non-hydrogen) atoms. The van der Waals surface area contributed by atoms with Crippen molar-refractivity contribution in [3.8, 4) is 0 Å². The minimum absolute atomic E-state index is 0.0273. The Hall–Kier alpha value is -1.35. The summed E-state index contributed by atoms with van der Waals surface area (Å²) in [7, 11) is 0. The molecule has 0 aliphatic carbocycles. The van der Waals surface area contributed by atoms with Gasteiger partial charge in [-0.2, -0.15) is 0 Å². The van der Waals surface area contributed by atoms with Crippen LogP contribution in [0.3, 0.4) is 0 Å². The lowest BCUT2D eigenvalue weighted by Gasteiger charge is -2.36. The lowest BCUT2D eigenvalue weighted by atomic mass is 9.92. The molecule has 1 amide bonds. The van der Waals surface area contributed by atoms with Crippen LogP contribution >= 0.6 is 0 Å². The number of carbonyl (C=O) groups excluding carboxylic acids is 1. The van der Waals surface area contributed by atoms with Crippen LogP contribution in [-0.2, 0) is 17.8 Å². The molecule has 0 aromatic heterocycles. The second kappa shape index (κ2) is 5.96. The minimum atomic E-state index is -0.0273. The monoisotopic (exact) mass is 272 g/mol. The van der Waals surface area contributed by atoms with Gasteiger partial charge < -0.3 is 10.2 Å². The van der Waals surface area contributed by atoms with Gasteiger partial charge in [0.1, 0.15) is 0 Å². The molecular formula is C17H24N2O. The van der Waals surface area contributed by atoms with Gasteiger partial charge in [-0.05, 0) is 36.3 Å². The molecule has 3 rings (SSSR count). The van der Waals surface area contributed by atoms with E-state index in [0.717, 1.165) is 32.5 Å². The number of rotatable bonds is 2. The summed E-state index contributed by atoms with van der Waals surface area (Å²) in [5.41, 5.74) is 2.66. The Morgan fingerprint density at radius 2 is 2.15 bits per heavy atom. The van der Waals surface area contributed by atoms with Gasteiger partial charge in [0, 0.05) is 19.6 Å². The summed E-state index contributed by atoms with van der Waals surface area (Å²) in [6.45, 7) is 4.94. The number of carbonyl (C=O) groups is 1. The topological polar surface area (TPSA) is 32.3 Å². The van der Waals surface area contributed by atoms with E-state index in [1.165, 1.54) is 24.0 Å². The van der Waals surface area contributed by atoms with Gasteiger partial charge in [0.25, 0.3) is 0 Å². The summed E-state index contributed by atoms with van der Waals surface area (Å²) in [5, 5.41) is 3.41. The Kier molecular flexibility index (Phi) is 4.06. The van der Waals surface area contributed by atoms with Crippen LogP contribution < -0.4 is 5.32 Å². The first kappa shape index (κ1) is 13.6. The maximum atomic E-state index is 12.7. The van der Waals surface area contributed by atoms with Crippen molar-refractivity contribution in [3.63, 3.8) is 0 Å². The van der Waals surface area contributed by atoms with E-state index in [1.807, 2.05) is 0 Å². The first-order valence-electron chi connectivity index (χ1n) is 7.87. The quantitative estimate of drug-likeness (QED) is 0.896. The van der Waals surface area contributed by atoms with E-state index < -0.39 is 0 Å². The summed E-state index contributed by atoms with van der Waals surface area (Å²) in [5.74, 6) is 1.00. The van der Waals surface area contributed by atoms with Gasteiger partial charge in [0.15, 0.2) is 0 Å². The zero-order valence-corrected chi connectivity index (χ0v) is 12.3. The van der Waals surface area contributed by atoms with Crippen molar-refractivity contribution in [3.05, 3.63) is 35.4 Å². The summed E-state index contributed by atoms with van der Waals surface area (Å²) in [4.78, 5) is 14.8. The average Bonchev–Trinajstić information content (AvgIpc) is 2.53. The molecule has 1 aromatic carbocycles. The summed E-state index contributed by atoms with van der Waals surface area (Å²) >= 11 is 0. The SMILES string of the molecule is CCC1CCCN(C(=O)[C@@H]2Cc3ccccc3CN2)C1. The third-order valence-corrected chi connectivity index (χ3v) is 4.79. The van der Waals surface area contributed by atoms with Crippen molar-refractivity contribution in [2.75, 3.05) is 13.1 Å². The number of fused-ring (bicyclic) bond motifs is 1. The largest absolute Gasteiger partial charge is 0.341 e. The van der Waals surface area contributed by atoms with Crippen LogP contribution in [0.4, 0.5) is 0 Å². The van der Waals surface area contributed by atoms with Crippen LogP contribution in [0.5, 0.6) is 0 Å². The zero-order valence-electron chi connectivity index (χ0n) is 12.3. The Bertz CT molecular complexity index is 486. The Labute approximate surface area is 121 Å². The number of benzene rings is 1. The Morgan fingerprint density at radius 3 is 2.95 bits per heavy atom. The predicted octanol–water partition coefficient (Wildman–Crippen LogP) is 2.35. The van der Waals surface area contributed by atoms with Crippen LogP contribution in [0.25, 0.3) is 0 Å². The number of nitrogens with one attached hydrogen (secondary N) is 1. The molecule has 2 atom stereocenters. The fraction of sp³-hybridized carbons (Fsp3) is 0.588. The highest BCUT2D eigenvalue weighted by Gasteiger charge is 2.30. The number of likely N-dealkylation sites (tertiary alicyclic amines) is 1. The highest BCUT2D eigenvalue weighted by Crippen LogP contribution is 2.22. The van der Waals surface area contributed by atoms with Gasteiger partial charge in [0.05, 0.1) is 6.04 Å². The fourth-order valence-corrected chi connectivity index (χ4v) is 3.45. The average molecular weight is 272 g/mol. The molecular weight excluding hydrogens is 248 g/mol. The molecule has 108 valence electrons. The normalized spacial score (nSPS) is 26.1. The van der Waals surface area contributed by atoms with Crippen LogP contribution in [-0.4, -0.2) is 29.9 Å². The van der Waals surface area contributed by atoms with E-state index in [0.29, 0.717) is 11.8 Å². The van der Waals surface area contributed by atoms with Gasteiger partial charge in [-0.25, -0.2) is 0 Å².